The number of carbonyl (C=O) groups excluding carboxylic acids is 1. The van der Waals surface area contributed by atoms with Crippen molar-refractivity contribution in [2.75, 3.05) is 19.8 Å². The van der Waals surface area contributed by atoms with Gasteiger partial charge in [0.05, 0.1) is 6.61 Å². The van der Waals surface area contributed by atoms with Gasteiger partial charge in [-0.05, 0) is 24.7 Å². The number of carbonyl (C=O) groups is 2. The molecule has 5 nitrogen and oxygen atoms in total. The lowest BCUT2D eigenvalue weighted by molar-refractivity contribution is -0.142. The van der Waals surface area contributed by atoms with E-state index in [2.05, 4.69) is 12.2 Å². The normalized spacial score (nSPS) is 23.6. The van der Waals surface area contributed by atoms with E-state index < -0.39 is 5.97 Å². The Morgan fingerprint density at radius 2 is 2.17 bits per heavy atom. The molecular formula is C13H23NO4. The highest BCUT2D eigenvalue weighted by Crippen LogP contribution is 2.30. The Bertz CT molecular complexity index is 280. The summed E-state index contributed by atoms with van der Waals surface area (Å²) in [5, 5.41) is 11.1. The lowest BCUT2D eigenvalue weighted by Crippen LogP contribution is -2.30. The third-order valence-electron chi connectivity index (χ3n) is 3.31. The lowest BCUT2D eigenvalue weighted by atomic mass is 9.81. The van der Waals surface area contributed by atoms with Crippen LogP contribution in [0.3, 0.4) is 0 Å². The fraction of sp³-hybridized carbons (Fsp3) is 0.846. The quantitative estimate of drug-likeness (QED) is 0.676. The first-order valence-corrected chi connectivity index (χ1v) is 6.64. The van der Waals surface area contributed by atoms with E-state index in [-0.39, 0.29) is 19.1 Å². The smallest absolute Gasteiger partial charge is 0.329 e. The van der Waals surface area contributed by atoms with Crippen molar-refractivity contribution < 1.29 is 19.4 Å². The zero-order valence-corrected chi connectivity index (χ0v) is 11.0. The van der Waals surface area contributed by atoms with Crippen molar-refractivity contribution in [1.29, 1.82) is 0 Å². The average molecular weight is 257 g/mol. The Morgan fingerprint density at radius 1 is 1.39 bits per heavy atom. The van der Waals surface area contributed by atoms with E-state index >= 15 is 0 Å². The molecular weight excluding hydrogens is 234 g/mol. The van der Waals surface area contributed by atoms with Crippen LogP contribution in [0.1, 0.15) is 39.0 Å². The van der Waals surface area contributed by atoms with Gasteiger partial charge < -0.3 is 15.2 Å². The van der Waals surface area contributed by atoms with Crippen LogP contribution in [0.2, 0.25) is 0 Å². The molecule has 2 N–H and O–H groups in total. The fourth-order valence-corrected chi connectivity index (χ4v) is 2.50. The summed E-state index contributed by atoms with van der Waals surface area (Å²) in [6.45, 7) is 2.56. The molecule has 0 aromatic heterocycles. The van der Waals surface area contributed by atoms with Crippen molar-refractivity contribution in [1.82, 2.24) is 5.32 Å². The van der Waals surface area contributed by atoms with Gasteiger partial charge in [-0.25, -0.2) is 4.79 Å². The number of rotatable bonds is 7. The minimum Gasteiger partial charge on any atom is -0.480 e. The molecule has 5 heteroatoms. The number of hydrogen-bond acceptors (Lipinski definition) is 3. The van der Waals surface area contributed by atoms with E-state index in [9.17, 15) is 9.59 Å². The summed E-state index contributed by atoms with van der Waals surface area (Å²) in [5.74, 6) is 0.301. The van der Waals surface area contributed by atoms with Gasteiger partial charge in [-0.15, -0.1) is 0 Å². The van der Waals surface area contributed by atoms with Gasteiger partial charge in [-0.1, -0.05) is 19.8 Å². The van der Waals surface area contributed by atoms with Gasteiger partial charge in [0, 0.05) is 13.0 Å². The molecule has 0 aliphatic heterocycles. The largest absolute Gasteiger partial charge is 0.480 e. The zero-order valence-electron chi connectivity index (χ0n) is 11.0. The molecule has 0 heterocycles. The Balaban J connectivity index is 2.04. The molecule has 0 spiro atoms. The van der Waals surface area contributed by atoms with Gasteiger partial charge >= 0.3 is 5.97 Å². The molecule has 0 aromatic rings. The van der Waals surface area contributed by atoms with Gasteiger partial charge in [0.1, 0.15) is 6.61 Å². The van der Waals surface area contributed by atoms with Crippen LogP contribution in [-0.2, 0) is 14.3 Å². The van der Waals surface area contributed by atoms with Crippen LogP contribution in [-0.4, -0.2) is 36.7 Å². The highest BCUT2D eigenvalue weighted by molar-refractivity contribution is 5.76. The lowest BCUT2D eigenvalue weighted by Gasteiger charge is -2.26. The Labute approximate surface area is 108 Å². The summed E-state index contributed by atoms with van der Waals surface area (Å²) in [7, 11) is 0. The van der Waals surface area contributed by atoms with Crippen molar-refractivity contribution in [3.63, 3.8) is 0 Å². The second-order valence-corrected chi connectivity index (χ2v) is 5.14. The van der Waals surface area contributed by atoms with Gasteiger partial charge in [0.15, 0.2) is 0 Å². The minimum atomic E-state index is -0.988. The molecule has 1 aliphatic rings. The summed E-state index contributed by atoms with van der Waals surface area (Å²) in [6, 6.07) is 0. The van der Waals surface area contributed by atoms with Crippen LogP contribution < -0.4 is 5.32 Å². The topological polar surface area (TPSA) is 75.6 Å². The number of nitrogens with one attached hydrogen (secondary N) is 1. The Kier molecular flexibility index (Phi) is 6.72. The summed E-state index contributed by atoms with van der Waals surface area (Å²) >= 11 is 0. The zero-order chi connectivity index (χ0) is 13.4. The van der Waals surface area contributed by atoms with Gasteiger partial charge in [-0.3, -0.25) is 4.79 Å². The van der Waals surface area contributed by atoms with E-state index in [1.165, 1.54) is 12.8 Å². The van der Waals surface area contributed by atoms with E-state index in [0.717, 1.165) is 18.8 Å². The first-order valence-electron chi connectivity index (χ1n) is 6.64. The third kappa shape index (κ3) is 6.59. The molecule has 1 saturated carbocycles. The van der Waals surface area contributed by atoms with E-state index in [0.29, 0.717) is 18.9 Å². The highest BCUT2D eigenvalue weighted by Gasteiger charge is 2.20. The van der Waals surface area contributed by atoms with Crippen LogP contribution in [0.25, 0.3) is 0 Å². The predicted octanol–water partition coefficient (Wildman–Crippen LogP) is 1.42. The van der Waals surface area contributed by atoms with Gasteiger partial charge in [-0.2, -0.15) is 0 Å². The number of amides is 1. The maximum Gasteiger partial charge on any atom is 0.329 e. The molecule has 1 amide bonds. The average Bonchev–Trinajstić information content (AvgIpc) is 2.28. The monoisotopic (exact) mass is 257 g/mol. The van der Waals surface area contributed by atoms with Crippen LogP contribution in [0.15, 0.2) is 0 Å². The third-order valence-corrected chi connectivity index (χ3v) is 3.31. The van der Waals surface area contributed by atoms with E-state index in [4.69, 9.17) is 9.84 Å². The molecule has 0 radical (unpaired) electrons. The van der Waals surface area contributed by atoms with Crippen LogP contribution in [0, 0.1) is 11.8 Å². The molecule has 1 rings (SSSR count). The molecule has 1 fully saturated rings. The SMILES string of the molecule is CC1CCCC(CC(=O)NCCOCC(=O)O)C1. The van der Waals surface area contributed by atoms with Gasteiger partial charge in [0.25, 0.3) is 0 Å². The molecule has 2 atom stereocenters. The standard InChI is InChI=1S/C13H23NO4/c1-10-3-2-4-11(7-10)8-12(15)14-5-6-18-9-13(16)17/h10-11H,2-9H2,1H3,(H,14,15)(H,16,17). The van der Waals surface area contributed by atoms with Gasteiger partial charge in [0.2, 0.25) is 5.91 Å². The van der Waals surface area contributed by atoms with Crippen molar-refractivity contribution in [2.45, 2.75) is 39.0 Å². The summed E-state index contributed by atoms with van der Waals surface area (Å²) < 4.78 is 4.84. The molecule has 18 heavy (non-hydrogen) atoms. The van der Waals surface area contributed by atoms with Crippen molar-refractivity contribution >= 4 is 11.9 Å². The fourth-order valence-electron chi connectivity index (χ4n) is 2.50. The maximum absolute atomic E-state index is 11.6. The summed E-state index contributed by atoms with van der Waals surface area (Å²) in [4.78, 5) is 21.8. The van der Waals surface area contributed by atoms with Crippen LogP contribution in [0.5, 0.6) is 0 Å². The van der Waals surface area contributed by atoms with E-state index in [1.54, 1.807) is 0 Å². The highest BCUT2D eigenvalue weighted by atomic mass is 16.5. The van der Waals surface area contributed by atoms with Crippen LogP contribution in [0.4, 0.5) is 0 Å². The van der Waals surface area contributed by atoms with Crippen molar-refractivity contribution in [2.24, 2.45) is 11.8 Å². The predicted molar refractivity (Wildman–Crippen MR) is 67.2 cm³/mol. The molecule has 0 bridgehead atoms. The number of carboxylic acid groups (broad SMARTS) is 1. The second kappa shape index (κ2) is 8.08. The van der Waals surface area contributed by atoms with Crippen molar-refractivity contribution in [3.05, 3.63) is 0 Å². The van der Waals surface area contributed by atoms with E-state index in [1.807, 2.05) is 0 Å². The maximum atomic E-state index is 11.6. The minimum absolute atomic E-state index is 0.0491. The molecule has 1 aliphatic carbocycles. The summed E-state index contributed by atoms with van der Waals surface area (Å²) in [6.07, 6.45) is 5.38. The number of ether oxygens (including phenoxy) is 1. The number of hydrogen-bond donors (Lipinski definition) is 2. The summed E-state index contributed by atoms with van der Waals surface area (Å²) in [5.41, 5.74) is 0. The molecule has 0 saturated heterocycles. The number of aliphatic carboxylic acids is 1. The molecule has 0 aromatic carbocycles. The molecule has 104 valence electrons. The van der Waals surface area contributed by atoms with Crippen LogP contribution >= 0.6 is 0 Å². The first-order chi connectivity index (χ1) is 8.58. The second-order valence-electron chi connectivity index (χ2n) is 5.14. The van der Waals surface area contributed by atoms with Crippen molar-refractivity contribution in [3.8, 4) is 0 Å². The molecule has 2 unspecified atom stereocenters. The Morgan fingerprint density at radius 3 is 2.83 bits per heavy atom. The Hall–Kier alpha value is -1.10. The first kappa shape index (κ1) is 15.0. The number of carboxylic acids is 1.